The van der Waals surface area contributed by atoms with Crippen LogP contribution in [0.5, 0.6) is 0 Å². The molecule has 1 atom stereocenters. The van der Waals surface area contributed by atoms with Gasteiger partial charge >= 0.3 is 5.97 Å². The fourth-order valence-electron chi connectivity index (χ4n) is 3.34. The van der Waals surface area contributed by atoms with Gasteiger partial charge in [0.25, 0.3) is 0 Å². The van der Waals surface area contributed by atoms with E-state index in [2.05, 4.69) is 38.8 Å². The summed E-state index contributed by atoms with van der Waals surface area (Å²) in [4.78, 5) is 16.1. The number of esters is 1. The van der Waals surface area contributed by atoms with Crippen LogP contribution in [-0.4, -0.2) is 31.9 Å². The van der Waals surface area contributed by atoms with Crippen molar-refractivity contribution in [3.8, 4) is 0 Å². The van der Waals surface area contributed by atoms with Crippen molar-refractivity contribution in [1.82, 2.24) is 0 Å². The second-order valence-corrected chi connectivity index (χ2v) is 8.97. The minimum absolute atomic E-state index is 0.115. The van der Waals surface area contributed by atoms with Gasteiger partial charge in [0.2, 0.25) is 0 Å². The van der Waals surface area contributed by atoms with E-state index in [0.29, 0.717) is 13.0 Å². The molecule has 0 rings (SSSR count). The van der Waals surface area contributed by atoms with Gasteiger partial charge in [0.05, 0.1) is 19.5 Å². The molecule has 0 aliphatic rings. The van der Waals surface area contributed by atoms with Crippen molar-refractivity contribution in [3.05, 3.63) is 11.8 Å². The summed E-state index contributed by atoms with van der Waals surface area (Å²) >= 11 is 0. The van der Waals surface area contributed by atoms with Crippen LogP contribution in [0.25, 0.3) is 0 Å². The Morgan fingerprint density at radius 3 is 2.10 bits per heavy atom. The Morgan fingerprint density at radius 2 is 1.57 bits per heavy atom. The third-order valence-electron chi connectivity index (χ3n) is 5.46. The van der Waals surface area contributed by atoms with Crippen LogP contribution in [0.4, 0.5) is 0 Å². The van der Waals surface area contributed by atoms with E-state index in [1.165, 1.54) is 64.9 Å². The summed E-state index contributed by atoms with van der Waals surface area (Å²) in [6, 6.07) is -0.405. The van der Waals surface area contributed by atoms with E-state index < -0.39 is 6.04 Å². The molecular formula is C26H49NO3. The molecule has 0 bridgehead atoms. The van der Waals surface area contributed by atoms with E-state index in [9.17, 15) is 4.79 Å². The highest BCUT2D eigenvalue weighted by atomic mass is 16.5. The molecule has 0 aromatic rings. The average molecular weight is 424 g/mol. The van der Waals surface area contributed by atoms with Crippen molar-refractivity contribution in [3.63, 3.8) is 0 Å². The number of hydrogen-bond acceptors (Lipinski definition) is 4. The Balaban J connectivity index is 4.17. The standard InChI is InChI=1S/C26H49NO3/c1-7-10-11-12-13-14-15-16-17-19-23(18-8-2)30-21-20-26(4,5)22-27-24(9-3)25(28)29-6/h18,22,24H,7-17,19-21H2,1-6H3. The van der Waals surface area contributed by atoms with Crippen LogP contribution in [0.2, 0.25) is 0 Å². The normalized spacial score (nSPS) is 13.6. The van der Waals surface area contributed by atoms with Gasteiger partial charge in [-0.15, -0.1) is 0 Å². The summed E-state index contributed by atoms with van der Waals surface area (Å²) in [7, 11) is 1.41. The second kappa shape index (κ2) is 18.4. The summed E-state index contributed by atoms with van der Waals surface area (Å²) in [5.41, 5.74) is -0.115. The van der Waals surface area contributed by atoms with Crippen LogP contribution >= 0.6 is 0 Å². The van der Waals surface area contributed by atoms with Crippen molar-refractivity contribution in [2.24, 2.45) is 10.4 Å². The lowest BCUT2D eigenvalue weighted by Crippen LogP contribution is -2.23. The molecule has 1 unspecified atom stereocenters. The van der Waals surface area contributed by atoms with E-state index in [-0.39, 0.29) is 11.4 Å². The average Bonchev–Trinajstić information content (AvgIpc) is 2.72. The number of methoxy groups -OCH3 is 1. The number of unbranched alkanes of at least 4 members (excludes halogenated alkanes) is 8. The van der Waals surface area contributed by atoms with Crippen LogP contribution in [0, 0.1) is 5.41 Å². The molecule has 0 saturated carbocycles. The van der Waals surface area contributed by atoms with Gasteiger partial charge in [-0.2, -0.15) is 0 Å². The fourth-order valence-corrected chi connectivity index (χ4v) is 3.34. The minimum atomic E-state index is -0.405. The Labute approximate surface area is 186 Å². The minimum Gasteiger partial charge on any atom is -0.498 e. The summed E-state index contributed by atoms with van der Waals surface area (Å²) < 4.78 is 10.9. The fraction of sp³-hybridized carbons (Fsp3) is 0.846. The molecule has 0 fully saturated rings. The lowest BCUT2D eigenvalue weighted by molar-refractivity contribution is -0.142. The van der Waals surface area contributed by atoms with Crippen molar-refractivity contribution in [1.29, 1.82) is 0 Å². The molecule has 0 amide bonds. The summed E-state index contributed by atoms with van der Waals surface area (Å²) in [6.07, 6.45) is 19.8. The number of allylic oxidation sites excluding steroid dienone is 2. The topological polar surface area (TPSA) is 47.9 Å². The molecule has 0 N–H and O–H groups in total. The molecule has 0 heterocycles. The maximum absolute atomic E-state index is 11.7. The monoisotopic (exact) mass is 423 g/mol. The first kappa shape index (κ1) is 28.7. The van der Waals surface area contributed by atoms with Gasteiger partial charge in [-0.25, -0.2) is 4.79 Å². The van der Waals surface area contributed by atoms with E-state index in [1.54, 1.807) is 0 Å². The lowest BCUT2D eigenvalue weighted by atomic mass is 9.91. The van der Waals surface area contributed by atoms with E-state index in [1.807, 2.05) is 13.1 Å². The van der Waals surface area contributed by atoms with E-state index >= 15 is 0 Å². The van der Waals surface area contributed by atoms with Crippen molar-refractivity contribution in [2.75, 3.05) is 13.7 Å². The molecule has 0 aliphatic heterocycles. The number of rotatable bonds is 19. The number of hydrogen-bond donors (Lipinski definition) is 0. The number of carbonyl (C=O) groups excluding carboxylic acids is 1. The number of carbonyl (C=O) groups is 1. The SMILES string of the molecule is CCC=C(CCCCCCCCCCC)OCCC(C)(C)C=NC(CC)C(=O)OC. The van der Waals surface area contributed by atoms with Crippen LogP contribution in [0.15, 0.2) is 16.8 Å². The van der Waals surface area contributed by atoms with Gasteiger partial charge in [0.1, 0.15) is 6.04 Å². The van der Waals surface area contributed by atoms with E-state index in [0.717, 1.165) is 25.0 Å². The largest absolute Gasteiger partial charge is 0.498 e. The number of nitrogens with zero attached hydrogens (tertiary/aromatic N) is 1. The zero-order valence-corrected chi connectivity index (χ0v) is 20.8. The maximum Gasteiger partial charge on any atom is 0.330 e. The maximum atomic E-state index is 11.7. The summed E-state index contributed by atoms with van der Waals surface area (Å²) in [5.74, 6) is 0.865. The molecule has 0 aromatic carbocycles. The van der Waals surface area contributed by atoms with Gasteiger partial charge in [-0.1, -0.05) is 86.0 Å². The molecule has 4 heteroatoms. The molecular weight excluding hydrogens is 374 g/mol. The van der Waals surface area contributed by atoms with Gasteiger partial charge in [-0.3, -0.25) is 4.99 Å². The molecule has 30 heavy (non-hydrogen) atoms. The highest BCUT2D eigenvalue weighted by Crippen LogP contribution is 2.21. The van der Waals surface area contributed by atoms with E-state index in [4.69, 9.17) is 9.47 Å². The highest BCUT2D eigenvalue weighted by Gasteiger charge is 2.19. The molecule has 4 nitrogen and oxygen atoms in total. The third-order valence-corrected chi connectivity index (χ3v) is 5.46. The quantitative estimate of drug-likeness (QED) is 0.0927. The van der Waals surface area contributed by atoms with Crippen LogP contribution in [0.1, 0.15) is 118 Å². The second-order valence-electron chi connectivity index (χ2n) is 8.97. The molecule has 0 radical (unpaired) electrons. The Hall–Kier alpha value is -1.32. The van der Waals surface area contributed by atoms with Gasteiger partial charge in [0, 0.05) is 18.1 Å². The lowest BCUT2D eigenvalue weighted by Gasteiger charge is -2.21. The molecule has 0 aliphatic carbocycles. The van der Waals surface area contributed by atoms with Gasteiger partial charge in [0.15, 0.2) is 0 Å². The van der Waals surface area contributed by atoms with Gasteiger partial charge in [-0.05, 0) is 31.8 Å². The van der Waals surface area contributed by atoms with Crippen LogP contribution in [-0.2, 0) is 14.3 Å². The molecule has 0 saturated heterocycles. The number of aliphatic imine (C=N–C) groups is 1. The van der Waals surface area contributed by atoms with Crippen LogP contribution < -0.4 is 0 Å². The smallest absolute Gasteiger partial charge is 0.330 e. The predicted molar refractivity (Wildman–Crippen MR) is 129 cm³/mol. The zero-order chi connectivity index (χ0) is 22.7. The first-order valence-electron chi connectivity index (χ1n) is 12.3. The molecule has 0 spiro atoms. The highest BCUT2D eigenvalue weighted by molar-refractivity contribution is 5.78. The predicted octanol–water partition coefficient (Wildman–Crippen LogP) is 7.66. The first-order valence-corrected chi connectivity index (χ1v) is 12.3. The Bertz CT molecular complexity index is 483. The molecule has 176 valence electrons. The number of ether oxygens (including phenoxy) is 2. The zero-order valence-electron chi connectivity index (χ0n) is 20.8. The summed E-state index contributed by atoms with van der Waals surface area (Å²) in [6.45, 7) is 11.3. The van der Waals surface area contributed by atoms with Gasteiger partial charge < -0.3 is 9.47 Å². The van der Waals surface area contributed by atoms with Crippen molar-refractivity contribution in [2.45, 2.75) is 124 Å². The third kappa shape index (κ3) is 15.5. The van der Waals surface area contributed by atoms with Crippen molar-refractivity contribution < 1.29 is 14.3 Å². The van der Waals surface area contributed by atoms with Crippen LogP contribution in [0.3, 0.4) is 0 Å². The van der Waals surface area contributed by atoms with Crippen molar-refractivity contribution >= 4 is 12.2 Å². The Kier molecular flexibility index (Phi) is 17.6. The molecule has 0 aromatic heterocycles. The summed E-state index contributed by atoms with van der Waals surface area (Å²) in [5, 5.41) is 0. The Morgan fingerprint density at radius 1 is 0.967 bits per heavy atom. The first-order chi connectivity index (χ1) is 14.4.